The molecule has 0 aliphatic carbocycles. The van der Waals surface area contributed by atoms with E-state index in [0.717, 1.165) is 0 Å². The summed E-state index contributed by atoms with van der Waals surface area (Å²) in [4.78, 5) is 14.0. The molecule has 2 fully saturated rings. The zero-order chi connectivity index (χ0) is 14.3. The lowest BCUT2D eigenvalue weighted by Crippen LogP contribution is -2.46. The third-order valence-corrected chi connectivity index (χ3v) is 4.48. The Labute approximate surface area is 117 Å². The predicted octanol–water partition coefficient (Wildman–Crippen LogP) is 0.410. The van der Waals surface area contributed by atoms with Crippen LogP contribution in [0.1, 0.15) is 23.2 Å². The summed E-state index contributed by atoms with van der Waals surface area (Å²) in [7, 11) is 1.89. The van der Waals surface area contributed by atoms with E-state index in [1.54, 1.807) is 24.3 Å². The lowest BCUT2D eigenvalue weighted by Gasteiger charge is -2.35. The molecule has 2 saturated heterocycles. The van der Waals surface area contributed by atoms with Crippen LogP contribution in [0.25, 0.3) is 0 Å². The Morgan fingerprint density at radius 1 is 1.15 bits per heavy atom. The first-order valence-corrected chi connectivity index (χ1v) is 6.92. The van der Waals surface area contributed by atoms with Gasteiger partial charge in [-0.05, 0) is 19.2 Å². The summed E-state index contributed by atoms with van der Waals surface area (Å²) >= 11 is 0. The van der Waals surface area contributed by atoms with E-state index in [9.17, 15) is 15.0 Å². The average Bonchev–Trinajstić information content (AvgIpc) is 2.60. The second-order valence-corrected chi connectivity index (χ2v) is 5.65. The van der Waals surface area contributed by atoms with Crippen LogP contribution in [0.4, 0.5) is 0 Å². The van der Waals surface area contributed by atoms with Gasteiger partial charge in [-0.1, -0.05) is 18.2 Å². The van der Waals surface area contributed by atoms with Crippen LogP contribution in [-0.4, -0.2) is 58.5 Å². The van der Waals surface area contributed by atoms with Crippen molar-refractivity contribution in [1.29, 1.82) is 0 Å². The van der Waals surface area contributed by atoms with Gasteiger partial charge in [-0.15, -0.1) is 0 Å². The lowest BCUT2D eigenvalue weighted by molar-refractivity contribution is -0.00961. The van der Waals surface area contributed by atoms with Gasteiger partial charge in [0.05, 0.1) is 17.8 Å². The number of benzene rings is 1. The highest BCUT2D eigenvalue weighted by Gasteiger charge is 2.51. The van der Waals surface area contributed by atoms with Crippen LogP contribution in [0.15, 0.2) is 30.3 Å². The number of aliphatic hydroxyl groups is 2. The summed E-state index contributed by atoms with van der Waals surface area (Å²) in [6, 6.07) is 8.59. The van der Waals surface area contributed by atoms with Gasteiger partial charge in [0.1, 0.15) is 6.10 Å². The topological polar surface area (TPSA) is 70.0 Å². The SMILES string of the molecule is CN1[C@@H]2CC(OC(=O)c3ccccc3)C[C@H]1[C@H](O)[C@@H]2O. The van der Waals surface area contributed by atoms with E-state index in [2.05, 4.69) is 0 Å². The van der Waals surface area contributed by atoms with E-state index in [-0.39, 0.29) is 24.2 Å². The number of hydrogen-bond donors (Lipinski definition) is 2. The first-order valence-electron chi connectivity index (χ1n) is 6.92. The number of carbonyl (C=O) groups excluding carboxylic acids is 1. The number of esters is 1. The van der Waals surface area contributed by atoms with E-state index in [0.29, 0.717) is 18.4 Å². The second-order valence-electron chi connectivity index (χ2n) is 5.65. The minimum absolute atomic E-state index is 0.141. The number of carbonyl (C=O) groups is 1. The van der Waals surface area contributed by atoms with Gasteiger partial charge in [0, 0.05) is 24.9 Å². The first-order chi connectivity index (χ1) is 9.58. The van der Waals surface area contributed by atoms with E-state index in [1.165, 1.54) is 0 Å². The predicted molar refractivity (Wildman–Crippen MR) is 72.2 cm³/mol. The van der Waals surface area contributed by atoms with Gasteiger partial charge >= 0.3 is 5.97 Å². The lowest BCUT2D eigenvalue weighted by atomic mass is 10.00. The van der Waals surface area contributed by atoms with Crippen LogP contribution in [0.3, 0.4) is 0 Å². The molecule has 2 heterocycles. The van der Waals surface area contributed by atoms with Crippen LogP contribution < -0.4 is 0 Å². The van der Waals surface area contributed by atoms with Crippen LogP contribution in [-0.2, 0) is 4.74 Å². The van der Waals surface area contributed by atoms with Crippen LogP contribution in [0, 0.1) is 0 Å². The summed E-state index contributed by atoms with van der Waals surface area (Å²) in [6.45, 7) is 0. The molecule has 5 heteroatoms. The summed E-state index contributed by atoms with van der Waals surface area (Å²) in [5, 5.41) is 20.0. The fourth-order valence-electron chi connectivity index (χ4n) is 3.32. The Kier molecular flexibility index (Phi) is 3.50. The molecule has 108 valence electrons. The van der Waals surface area contributed by atoms with Crippen LogP contribution in [0.2, 0.25) is 0 Å². The number of hydrogen-bond acceptors (Lipinski definition) is 5. The molecule has 5 nitrogen and oxygen atoms in total. The molecule has 0 saturated carbocycles. The largest absolute Gasteiger partial charge is 0.459 e. The monoisotopic (exact) mass is 277 g/mol. The Morgan fingerprint density at radius 3 is 2.25 bits per heavy atom. The molecule has 20 heavy (non-hydrogen) atoms. The molecule has 1 aromatic carbocycles. The summed E-state index contributed by atoms with van der Waals surface area (Å²) in [5.74, 6) is -0.344. The standard InChI is InChI=1S/C15H19NO4/c1-16-11-7-10(8-12(16)14(18)13(11)17)20-15(19)9-5-3-2-4-6-9/h2-6,10-14,17-18H,7-8H2,1H3/t10?,11-,12+,13-,14+. The van der Waals surface area contributed by atoms with Crippen molar-refractivity contribution in [2.24, 2.45) is 0 Å². The Hall–Kier alpha value is -1.43. The highest BCUT2D eigenvalue weighted by Crippen LogP contribution is 2.36. The molecule has 0 spiro atoms. The molecule has 2 N–H and O–H groups in total. The number of ether oxygens (including phenoxy) is 1. The zero-order valence-corrected chi connectivity index (χ0v) is 11.3. The molecule has 3 rings (SSSR count). The molecule has 1 aromatic rings. The third kappa shape index (κ3) is 2.22. The number of aliphatic hydroxyl groups excluding tert-OH is 2. The van der Waals surface area contributed by atoms with Crippen molar-refractivity contribution in [2.75, 3.05) is 7.05 Å². The van der Waals surface area contributed by atoms with Crippen molar-refractivity contribution in [1.82, 2.24) is 4.90 Å². The van der Waals surface area contributed by atoms with E-state index < -0.39 is 12.2 Å². The molecular formula is C15H19NO4. The summed E-state index contributed by atoms with van der Waals surface area (Å²) < 4.78 is 5.52. The highest BCUT2D eigenvalue weighted by atomic mass is 16.5. The van der Waals surface area contributed by atoms with Crippen molar-refractivity contribution < 1.29 is 19.7 Å². The van der Waals surface area contributed by atoms with Gasteiger partial charge < -0.3 is 14.9 Å². The van der Waals surface area contributed by atoms with Crippen molar-refractivity contribution in [2.45, 2.75) is 43.2 Å². The van der Waals surface area contributed by atoms with Gasteiger partial charge in [-0.3, -0.25) is 4.90 Å². The zero-order valence-electron chi connectivity index (χ0n) is 11.3. The molecule has 0 amide bonds. The third-order valence-electron chi connectivity index (χ3n) is 4.48. The number of fused-ring (bicyclic) bond motifs is 2. The Morgan fingerprint density at radius 2 is 1.70 bits per heavy atom. The average molecular weight is 277 g/mol. The van der Waals surface area contributed by atoms with Crippen molar-refractivity contribution in [3.8, 4) is 0 Å². The maximum atomic E-state index is 12.0. The molecular weight excluding hydrogens is 258 g/mol. The van der Waals surface area contributed by atoms with Crippen LogP contribution in [0.5, 0.6) is 0 Å². The molecule has 2 aliphatic heterocycles. The smallest absolute Gasteiger partial charge is 0.338 e. The fraction of sp³-hybridized carbons (Fsp3) is 0.533. The summed E-state index contributed by atoms with van der Waals surface area (Å²) in [6.07, 6.45) is -0.648. The van der Waals surface area contributed by atoms with Gasteiger partial charge in [0.25, 0.3) is 0 Å². The number of piperidine rings is 1. The van der Waals surface area contributed by atoms with Gasteiger partial charge in [-0.25, -0.2) is 4.79 Å². The first kappa shape index (κ1) is 13.5. The van der Waals surface area contributed by atoms with Gasteiger partial charge in [0.2, 0.25) is 0 Å². The van der Waals surface area contributed by atoms with E-state index in [1.807, 2.05) is 18.0 Å². The minimum atomic E-state index is -0.759. The molecule has 2 bridgehead atoms. The van der Waals surface area contributed by atoms with Gasteiger partial charge in [0.15, 0.2) is 0 Å². The Bertz CT molecular complexity index is 466. The molecule has 2 aliphatic rings. The second kappa shape index (κ2) is 5.16. The number of rotatable bonds is 2. The normalized spacial score (nSPS) is 36.9. The summed E-state index contributed by atoms with van der Waals surface area (Å²) in [5.41, 5.74) is 0.528. The maximum absolute atomic E-state index is 12.0. The molecule has 5 atom stereocenters. The number of likely N-dealkylation sites (N-methyl/N-ethyl adjacent to an activating group) is 1. The maximum Gasteiger partial charge on any atom is 0.338 e. The molecule has 0 aromatic heterocycles. The highest BCUT2D eigenvalue weighted by molar-refractivity contribution is 5.89. The van der Waals surface area contributed by atoms with Crippen LogP contribution >= 0.6 is 0 Å². The van der Waals surface area contributed by atoms with Crippen molar-refractivity contribution in [3.05, 3.63) is 35.9 Å². The fourth-order valence-corrected chi connectivity index (χ4v) is 3.32. The number of nitrogens with zero attached hydrogens (tertiary/aromatic N) is 1. The minimum Gasteiger partial charge on any atom is -0.459 e. The van der Waals surface area contributed by atoms with E-state index >= 15 is 0 Å². The van der Waals surface area contributed by atoms with Gasteiger partial charge in [-0.2, -0.15) is 0 Å². The molecule has 0 radical (unpaired) electrons. The quantitative estimate of drug-likeness (QED) is 0.766. The Balaban J connectivity index is 1.68. The van der Waals surface area contributed by atoms with Crippen molar-refractivity contribution >= 4 is 5.97 Å². The molecule has 1 unspecified atom stereocenters. The van der Waals surface area contributed by atoms with Crippen molar-refractivity contribution in [3.63, 3.8) is 0 Å². The van der Waals surface area contributed by atoms with E-state index in [4.69, 9.17) is 4.74 Å².